The molecule has 3 aromatic rings. The van der Waals surface area contributed by atoms with Crippen molar-refractivity contribution in [3.63, 3.8) is 0 Å². The number of phenols is 1. The smallest absolute Gasteiger partial charge is 0.257 e. The standard InChI is InChI=1S/C20H17Cl2N3O3/c1-23-20(27)10-28-14-6-17(21)16(18(22)7-14)5-12-2-3-19(26)15(4-12)13-8-24-11-25-9-13/h2-4,6-9,11,26H,5,10H2,1H3,(H,23,27). The zero-order chi connectivity index (χ0) is 20.1. The molecule has 0 atom stereocenters. The normalized spacial score (nSPS) is 10.5. The summed E-state index contributed by atoms with van der Waals surface area (Å²) >= 11 is 12.8. The lowest BCUT2D eigenvalue weighted by Crippen LogP contribution is -2.24. The lowest BCUT2D eigenvalue weighted by molar-refractivity contribution is -0.122. The SMILES string of the molecule is CNC(=O)COc1cc(Cl)c(Cc2ccc(O)c(-c3cncnc3)c2)c(Cl)c1. The van der Waals surface area contributed by atoms with Crippen molar-refractivity contribution in [1.82, 2.24) is 15.3 Å². The molecular formula is C20H17Cl2N3O3. The molecule has 0 aliphatic heterocycles. The molecule has 0 bridgehead atoms. The number of amides is 1. The Hall–Kier alpha value is -2.83. The molecule has 144 valence electrons. The number of halogens is 2. The van der Waals surface area contributed by atoms with Crippen LogP contribution >= 0.6 is 23.2 Å². The number of benzene rings is 2. The summed E-state index contributed by atoms with van der Waals surface area (Å²) in [6.07, 6.45) is 5.14. The summed E-state index contributed by atoms with van der Waals surface area (Å²) in [7, 11) is 1.53. The number of ether oxygens (including phenoxy) is 1. The first-order chi connectivity index (χ1) is 13.5. The predicted octanol–water partition coefficient (Wildman–Crippen LogP) is 3.87. The molecule has 2 aromatic carbocycles. The molecule has 3 rings (SSSR count). The Bertz CT molecular complexity index is 974. The summed E-state index contributed by atoms with van der Waals surface area (Å²) in [5, 5.41) is 13.5. The van der Waals surface area contributed by atoms with Crippen molar-refractivity contribution in [3.8, 4) is 22.6 Å². The van der Waals surface area contributed by atoms with Crippen molar-refractivity contribution in [1.29, 1.82) is 0 Å². The van der Waals surface area contributed by atoms with E-state index in [2.05, 4.69) is 15.3 Å². The Morgan fingerprint density at radius 3 is 2.46 bits per heavy atom. The second-order valence-corrected chi connectivity index (χ2v) is 6.80. The van der Waals surface area contributed by atoms with Crippen molar-refractivity contribution in [2.24, 2.45) is 0 Å². The first-order valence-electron chi connectivity index (χ1n) is 8.36. The first-order valence-corrected chi connectivity index (χ1v) is 9.12. The van der Waals surface area contributed by atoms with Gasteiger partial charge in [-0.05, 0) is 35.4 Å². The maximum absolute atomic E-state index is 11.3. The maximum Gasteiger partial charge on any atom is 0.257 e. The Labute approximate surface area is 172 Å². The van der Waals surface area contributed by atoms with Crippen LogP contribution in [0.3, 0.4) is 0 Å². The third-order valence-electron chi connectivity index (χ3n) is 4.08. The summed E-state index contributed by atoms with van der Waals surface area (Å²) in [4.78, 5) is 19.3. The number of hydrogen-bond donors (Lipinski definition) is 2. The number of aromatic nitrogens is 2. The van der Waals surface area contributed by atoms with Crippen molar-refractivity contribution in [2.75, 3.05) is 13.7 Å². The Morgan fingerprint density at radius 2 is 1.82 bits per heavy atom. The predicted molar refractivity (Wildman–Crippen MR) is 108 cm³/mol. The van der Waals surface area contributed by atoms with Gasteiger partial charge in [-0.15, -0.1) is 0 Å². The zero-order valence-corrected chi connectivity index (χ0v) is 16.5. The number of phenolic OH excluding ortho intramolecular Hbond substituents is 1. The van der Waals surface area contributed by atoms with Crippen LogP contribution in [-0.2, 0) is 11.2 Å². The number of nitrogens with one attached hydrogen (secondary N) is 1. The van der Waals surface area contributed by atoms with E-state index in [-0.39, 0.29) is 18.3 Å². The largest absolute Gasteiger partial charge is 0.507 e. The van der Waals surface area contributed by atoms with Crippen LogP contribution in [0.15, 0.2) is 49.1 Å². The van der Waals surface area contributed by atoms with Gasteiger partial charge in [0.2, 0.25) is 0 Å². The third kappa shape index (κ3) is 4.71. The minimum atomic E-state index is -0.252. The molecule has 1 aromatic heterocycles. The quantitative estimate of drug-likeness (QED) is 0.635. The van der Waals surface area contributed by atoms with Gasteiger partial charge in [-0.1, -0.05) is 29.3 Å². The number of rotatable bonds is 6. The van der Waals surface area contributed by atoms with Gasteiger partial charge >= 0.3 is 0 Å². The molecule has 0 fully saturated rings. The molecular weight excluding hydrogens is 401 g/mol. The maximum atomic E-state index is 11.3. The fourth-order valence-corrected chi connectivity index (χ4v) is 3.22. The summed E-state index contributed by atoms with van der Waals surface area (Å²) in [5.41, 5.74) is 2.95. The van der Waals surface area contributed by atoms with Gasteiger partial charge < -0.3 is 15.2 Å². The van der Waals surface area contributed by atoms with E-state index >= 15 is 0 Å². The highest BCUT2D eigenvalue weighted by Gasteiger charge is 2.13. The summed E-state index contributed by atoms with van der Waals surface area (Å²) < 4.78 is 5.39. The van der Waals surface area contributed by atoms with Gasteiger partial charge in [0.25, 0.3) is 5.91 Å². The van der Waals surface area contributed by atoms with Crippen molar-refractivity contribution in [2.45, 2.75) is 6.42 Å². The highest BCUT2D eigenvalue weighted by atomic mass is 35.5. The monoisotopic (exact) mass is 417 g/mol. The molecule has 28 heavy (non-hydrogen) atoms. The molecule has 0 saturated carbocycles. The van der Waals surface area contributed by atoms with Gasteiger partial charge in [-0.2, -0.15) is 0 Å². The van der Waals surface area contributed by atoms with E-state index in [4.69, 9.17) is 27.9 Å². The number of likely N-dealkylation sites (N-methyl/N-ethyl adjacent to an activating group) is 1. The number of aromatic hydroxyl groups is 1. The molecule has 0 aliphatic carbocycles. The van der Waals surface area contributed by atoms with Crippen molar-refractivity contribution in [3.05, 3.63) is 70.2 Å². The average Bonchev–Trinajstić information content (AvgIpc) is 2.70. The number of carbonyl (C=O) groups is 1. The van der Waals surface area contributed by atoms with Gasteiger partial charge in [0.15, 0.2) is 6.61 Å². The summed E-state index contributed by atoms with van der Waals surface area (Å²) in [6, 6.07) is 8.50. The van der Waals surface area contributed by atoms with Gasteiger partial charge in [-0.25, -0.2) is 9.97 Å². The van der Waals surface area contributed by atoms with Crippen LogP contribution in [0.4, 0.5) is 0 Å². The van der Waals surface area contributed by atoms with E-state index in [0.29, 0.717) is 33.3 Å². The summed E-state index contributed by atoms with van der Waals surface area (Å²) in [6.45, 7) is -0.122. The lowest BCUT2D eigenvalue weighted by Gasteiger charge is -2.12. The first kappa shape index (κ1) is 19.9. The van der Waals surface area contributed by atoms with Crippen LogP contribution in [0.2, 0.25) is 10.0 Å². The highest BCUT2D eigenvalue weighted by molar-refractivity contribution is 6.36. The Kier molecular flexibility index (Phi) is 6.34. The molecule has 2 N–H and O–H groups in total. The van der Waals surface area contributed by atoms with Crippen LogP contribution in [0, 0.1) is 0 Å². The van der Waals surface area contributed by atoms with Gasteiger partial charge in [0, 0.05) is 47.0 Å². The molecule has 8 heteroatoms. The second kappa shape index (κ2) is 8.91. The highest BCUT2D eigenvalue weighted by Crippen LogP contribution is 2.34. The topological polar surface area (TPSA) is 84.3 Å². The third-order valence-corrected chi connectivity index (χ3v) is 4.75. The van der Waals surface area contributed by atoms with Crippen LogP contribution in [0.25, 0.3) is 11.1 Å². The molecule has 0 aliphatic rings. The van der Waals surface area contributed by atoms with E-state index in [1.807, 2.05) is 6.07 Å². The zero-order valence-electron chi connectivity index (χ0n) is 14.9. The fourth-order valence-electron chi connectivity index (χ4n) is 2.62. The van der Waals surface area contributed by atoms with E-state index < -0.39 is 0 Å². The van der Waals surface area contributed by atoms with E-state index in [1.54, 1.807) is 36.7 Å². The van der Waals surface area contributed by atoms with Gasteiger partial charge in [0.1, 0.15) is 17.8 Å². The molecule has 1 amide bonds. The van der Waals surface area contributed by atoms with Gasteiger partial charge in [-0.3, -0.25) is 4.79 Å². The van der Waals surface area contributed by atoms with Gasteiger partial charge in [0.05, 0.1) is 0 Å². The van der Waals surface area contributed by atoms with E-state index in [0.717, 1.165) is 11.1 Å². The Morgan fingerprint density at radius 1 is 1.14 bits per heavy atom. The number of nitrogens with zero attached hydrogens (tertiary/aromatic N) is 2. The number of hydrogen-bond acceptors (Lipinski definition) is 5. The minimum Gasteiger partial charge on any atom is -0.507 e. The molecule has 0 spiro atoms. The van der Waals surface area contributed by atoms with E-state index in [1.165, 1.54) is 13.4 Å². The minimum absolute atomic E-state index is 0.122. The number of carbonyl (C=O) groups excluding carboxylic acids is 1. The van der Waals surface area contributed by atoms with Crippen LogP contribution in [-0.4, -0.2) is 34.6 Å². The average molecular weight is 418 g/mol. The summed E-state index contributed by atoms with van der Waals surface area (Å²) in [5.74, 6) is 0.293. The molecule has 6 nitrogen and oxygen atoms in total. The van der Waals surface area contributed by atoms with Crippen LogP contribution in [0.5, 0.6) is 11.5 Å². The molecule has 1 heterocycles. The van der Waals surface area contributed by atoms with E-state index in [9.17, 15) is 9.90 Å². The molecule has 0 saturated heterocycles. The fraction of sp³-hybridized carbons (Fsp3) is 0.150. The molecule has 0 unspecified atom stereocenters. The van der Waals surface area contributed by atoms with Crippen LogP contribution in [0.1, 0.15) is 11.1 Å². The van der Waals surface area contributed by atoms with Crippen molar-refractivity contribution < 1.29 is 14.6 Å². The van der Waals surface area contributed by atoms with Crippen LogP contribution < -0.4 is 10.1 Å². The molecule has 0 radical (unpaired) electrons. The second-order valence-electron chi connectivity index (χ2n) is 5.98. The Balaban J connectivity index is 1.85. The lowest BCUT2D eigenvalue weighted by atomic mass is 9.99. The van der Waals surface area contributed by atoms with Crippen molar-refractivity contribution >= 4 is 29.1 Å².